The van der Waals surface area contributed by atoms with Crippen LogP contribution in [-0.2, 0) is 16.1 Å². The predicted molar refractivity (Wildman–Crippen MR) is 63.0 cm³/mol. The van der Waals surface area contributed by atoms with Gasteiger partial charge < -0.3 is 15.2 Å². The van der Waals surface area contributed by atoms with Crippen LogP contribution in [0.4, 0.5) is 8.78 Å². The van der Waals surface area contributed by atoms with Gasteiger partial charge in [-0.15, -0.1) is 0 Å². The van der Waals surface area contributed by atoms with Crippen molar-refractivity contribution in [3.8, 4) is 0 Å². The summed E-state index contributed by atoms with van der Waals surface area (Å²) in [6.45, 7) is 1.68. The standard InChI is InChI=1S/C13H17F2NO2/c14-11-2-1-10(12(15)7-11)8-18-13(9-16)3-5-17-6-4-13/h1-2,7H,3-6,8-9,16H2. The molecule has 1 aliphatic rings. The van der Waals surface area contributed by atoms with Gasteiger partial charge in [-0.3, -0.25) is 0 Å². The first-order chi connectivity index (χ1) is 8.65. The van der Waals surface area contributed by atoms with Crippen molar-refractivity contribution in [2.75, 3.05) is 19.8 Å². The van der Waals surface area contributed by atoms with E-state index in [-0.39, 0.29) is 6.61 Å². The van der Waals surface area contributed by atoms with E-state index in [9.17, 15) is 8.78 Å². The summed E-state index contributed by atoms with van der Waals surface area (Å²) in [5.74, 6) is -1.18. The molecule has 0 radical (unpaired) electrons. The van der Waals surface area contributed by atoms with E-state index in [1.807, 2.05) is 0 Å². The number of rotatable bonds is 4. The highest BCUT2D eigenvalue weighted by Gasteiger charge is 2.32. The van der Waals surface area contributed by atoms with Crippen LogP contribution < -0.4 is 5.73 Å². The van der Waals surface area contributed by atoms with Crippen molar-refractivity contribution in [3.05, 3.63) is 35.4 Å². The lowest BCUT2D eigenvalue weighted by molar-refractivity contribution is -0.113. The van der Waals surface area contributed by atoms with Gasteiger partial charge in [0.2, 0.25) is 0 Å². The smallest absolute Gasteiger partial charge is 0.131 e. The van der Waals surface area contributed by atoms with Gasteiger partial charge >= 0.3 is 0 Å². The third-order valence-corrected chi connectivity index (χ3v) is 3.33. The molecule has 3 nitrogen and oxygen atoms in total. The zero-order valence-electron chi connectivity index (χ0n) is 10.1. The van der Waals surface area contributed by atoms with Crippen molar-refractivity contribution in [1.29, 1.82) is 0 Å². The topological polar surface area (TPSA) is 44.5 Å². The van der Waals surface area contributed by atoms with Gasteiger partial charge in [0.25, 0.3) is 0 Å². The Hall–Kier alpha value is -1.04. The number of nitrogens with two attached hydrogens (primary N) is 1. The fourth-order valence-corrected chi connectivity index (χ4v) is 2.02. The van der Waals surface area contributed by atoms with E-state index in [0.717, 1.165) is 6.07 Å². The molecule has 0 unspecified atom stereocenters. The van der Waals surface area contributed by atoms with Crippen molar-refractivity contribution in [3.63, 3.8) is 0 Å². The lowest BCUT2D eigenvalue weighted by atomic mass is 9.94. The van der Waals surface area contributed by atoms with Crippen LogP contribution in [0.1, 0.15) is 18.4 Å². The Kier molecular flexibility index (Phi) is 4.27. The molecule has 0 saturated carbocycles. The number of halogens is 2. The first-order valence-corrected chi connectivity index (χ1v) is 6.01. The van der Waals surface area contributed by atoms with Gasteiger partial charge in [-0.1, -0.05) is 6.07 Å². The Bertz CT molecular complexity index is 406. The molecule has 1 aromatic carbocycles. The molecule has 1 heterocycles. The van der Waals surface area contributed by atoms with E-state index in [1.54, 1.807) is 0 Å². The van der Waals surface area contributed by atoms with E-state index in [4.69, 9.17) is 15.2 Å². The second kappa shape index (κ2) is 5.73. The van der Waals surface area contributed by atoms with Crippen LogP contribution in [0.5, 0.6) is 0 Å². The molecule has 0 spiro atoms. The molecular formula is C13H17F2NO2. The third-order valence-electron chi connectivity index (χ3n) is 3.33. The summed E-state index contributed by atoms with van der Waals surface area (Å²) in [5, 5.41) is 0. The molecule has 2 N–H and O–H groups in total. The Morgan fingerprint density at radius 3 is 2.61 bits per heavy atom. The Morgan fingerprint density at radius 2 is 2.00 bits per heavy atom. The predicted octanol–water partition coefficient (Wildman–Crippen LogP) is 1.99. The number of hydrogen-bond acceptors (Lipinski definition) is 3. The van der Waals surface area contributed by atoms with Gasteiger partial charge in [0.05, 0.1) is 12.2 Å². The highest BCUT2D eigenvalue weighted by molar-refractivity contribution is 5.17. The molecule has 5 heteroatoms. The number of hydrogen-bond donors (Lipinski definition) is 1. The third kappa shape index (κ3) is 3.04. The summed E-state index contributed by atoms with van der Waals surface area (Å²) in [5.41, 5.74) is 5.63. The van der Waals surface area contributed by atoms with E-state index >= 15 is 0 Å². The molecule has 1 fully saturated rings. The zero-order valence-corrected chi connectivity index (χ0v) is 10.1. The molecule has 2 rings (SSSR count). The highest BCUT2D eigenvalue weighted by Crippen LogP contribution is 2.26. The van der Waals surface area contributed by atoms with E-state index in [1.165, 1.54) is 12.1 Å². The molecule has 0 bridgehead atoms. The number of ether oxygens (including phenoxy) is 2. The van der Waals surface area contributed by atoms with E-state index < -0.39 is 17.2 Å². The summed E-state index contributed by atoms with van der Waals surface area (Å²) in [6.07, 6.45) is 1.40. The van der Waals surface area contributed by atoms with E-state index in [2.05, 4.69) is 0 Å². The average Bonchev–Trinajstić information content (AvgIpc) is 2.39. The lowest BCUT2D eigenvalue weighted by Gasteiger charge is -2.36. The minimum atomic E-state index is -0.589. The fourth-order valence-electron chi connectivity index (χ4n) is 2.02. The van der Waals surface area contributed by atoms with Gasteiger partial charge in [0.15, 0.2) is 0 Å². The number of benzene rings is 1. The lowest BCUT2D eigenvalue weighted by Crippen LogP contribution is -2.45. The Morgan fingerprint density at radius 1 is 1.28 bits per heavy atom. The SMILES string of the molecule is NCC1(OCc2ccc(F)cc2F)CCOCC1. The maximum atomic E-state index is 13.5. The van der Waals surface area contributed by atoms with Crippen molar-refractivity contribution in [1.82, 2.24) is 0 Å². The maximum Gasteiger partial charge on any atom is 0.131 e. The van der Waals surface area contributed by atoms with Crippen LogP contribution in [0.15, 0.2) is 18.2 Å². The van der Waals surface area contributed by atoms with Crippen LogP contribution in [0.3, 0.4) is 0 Å². The van der Waals surface area contributed by atoms with E-state index in [0.29, 0.717) is 38.2 Å². The van der Waals surface area contributed by atoms with Crippen molar-refractivity contribution >= 4 is 0 Å². The Balaban J connectivity index is 2.01. The molecule has 0 atom stereocenters. The van der Waals surface area contributed by atoms with Crippen molar-refractivity contribution in [2.45, 2.75) is 25.0 Å². The molecule has 1 aromatic rings. The second-order valence-corrected chi connectivity index (χ2v) is 4.52. The Labute approximate surface area is 105 Å². The van der Waals surface area contributed by atoms with Gasteiger partial charge in [-0.2, -0.15) is 0 Å². The molecular weight excluding hydrogens is 240 g/mol. The van der Waals surface area contributed by atoms with Crippen LogP contribution in [0, 0.1) is 11.6 Å². The summed E-state index contributed by atoms with van der Waals surface area (Å²) in [6, 6.07) is 3.48. The van der Waals surface area contributed by atoms with Crippen LogP contribution in [0.2, 0.25) is 0 Å². The molecule has 100 valence electrons. The highest BCUT2D eigenvalue weighted by atomic mass is 19.1. The summed E-state index contributed by atoms with van der Waals surface area (Å²) >= 11 is 0. The molecule has 0 aromatic heterocycles. The molecule has 0 amide bonds. The summed E-state index contributed by atoms with van der Waals surface area (Å²) < 4.78 is 37.2. The average molecular weight is 257 g/mol. The minimum absolute atomic E-state index is 0.101. The van der Waals surface area contributed by atoms with Crippen molar-refractivity contribution in [2.24, 2.45) is 5.73 Å². The quantitative estimate of drug-likeness (QED) is 0.897. The first kappa shape index (κ1) is 13.4. The maximum absolute atomic E-state index is 13.5. The molecule has 0 aliphatic carbocycles. The van der Waals surface area contributed by atoms with Crippen LogP contribution in [-0.4, -0.2) is 25.4 Å². The monoisotopic (exact) mass is 257 g/mol. The normalized spacial score (nSPS) is 18.8. The van der Waals surface area contributed by atoms with Gasteiger partial charge in [0, 0.05) is 44.2 Å². The summed E-state index contributed by atoms with van der Waals surface area (Å²) in [7, 11) is 0. The zero-order chi connectivity index (χ0) is 13.0. The van der Waals surface area contributed by atoms with Gasteiger partial charge in [0.1, 0.15) is 11.6 Å². The minimum Gasteiger partial charge on any atom is -0.381 e. The first-order valence-electron chi connectivity index (χ1n) is 6.01. The molecule has 18 heavy (non-hydrogen) atoms. The second-order valence-electron chi connectivity index (χ2n) is 4.52. The fraction of sp³-hybridized carbons (Fsp3) is 0.538. The van der Waals surface area contributed by atoms with Crippen LogP contribution >= 0.6 is 0 Å². The van der Waals surface area contributed by atoms with Gasteiger partial charge in [-0.05, 0) is 6.07 Å². The van der Waals surface area contributed by atoms with Crippen molar-refractivity contribution < 1.29 is 18.3 Å². The largest absolute Gasteiger partial charge is 0.381 e. The van der Waals surface area contributed by atoms with Crippen LogP contribution in [0.25, 0.3) is 0 Å². The summed E-state index contributed by atoms with van der Waals surface area (Å²) in [4.78, 5) is 0. The molecule has 1 aliphatic heterocycles. The molecule has 1 saturated heterocycles. The van der Waals surface area contributed by atoms with Gasteiger partial charge in [-0.25, -0.2) is 8.78 Å².